The Morgan fingerprint density at radius 2 is 1.74 bits per heavy atom. The zero-order valence-electron chi connectivity index (χ0n) is 14.9. The molecule has 1 heterocycles. The predicted molar refractivity (Wildman–Crippen MR) is 108 cm³/mol. The molecule has 0 unspecified atom stereocenters. The second-order valence-corrected chi connectivity index (χ2v) is 6.89. The Hall–Kier alpha value is -3.19. The van der Waals surface area contributed by atoms with Crippen molar-refractivity contribution in [1.82, 2.24) is 10.3 Å². The number of hydrogen-bond donors (Lipinski definition) is 3. The molecule has 7 heteroatoms. The molecule has 1 aromatic heterocycles. The van der Waals surface area contributed by atoms with E-state index in [0.717, 1.165) is 11.1 Å². The topological polar surface area (TPSA) is 83.1 Å². The Labute approximate surface area is 161 Å². The SMILES string of the molecule is Cc1ccc(NC(=O)Nc2nc(CC(=O)NCc3ccccc3)cs2)cc1. The molecule has 0 aliphatic heterocycles. The van der Waals surface area contributed by atoms with Gasteiger partial charge in [0.2, 0.25) is 5.91 Å². The van der Waals surface area contributed by atoms with E-state index in [1.807, 2.05) is 61.5 Å². The van der Waals surface area contributed by atoms with Gasteiger partial charge >= 0.3 is 6.03 Å². The number of aromatic nitrogens is 1. The summed E-state index contributed by atoms with van der Waals surface area (Å²) in [6.07, 6.45) is 0.171. The highest BCUT2D eigenvalue weighted by atomic mass is 32.1. The van der Waals surface area contributed by atoms with E-state index in [1.165, 1.54) is 11.3 Å². The summed E-state index contributed by atoms with van der Waals surface area (Å²) in [7, 11) is 0. The third kappa shape index (κ3) is 5.93. The Kier molecular flexibility index (Phi) is 6.17. The Morgan fingerprint density at radius 3 is 2.48 bits per heavy atom. The van der Waals surface area contributed by atoms with Gasteiger partial charge in [0.1, 0.15) is 0 Å². The molecule has 0 saturated carbocycles. The van der Waals surface area contributed by atoms with Gasteiger partial charge in [-0.1, -0.05) is 48.0 Å². The molecule has 3 rings (SSSR count). The fourth-order valence-corrected chi connectivity index (χ4v) is 3.07. The maximum absolute atomic E-state index is 12.0. The fraction of sp³-hybridized carbons (Fsp3) is 0.150. The minimum Gasteiger partial charge on any atom is -0.352 e. The lowest BCUT2D eigenvalue weighted by Crippen LogP contribution is -2.24. The lowest BCUT2D eigenvalue weighted by atomic mass is 10.2. The van der Waals surface area contributed by atoms with Crippen LogP contribution in [0.15, 0.2) is 60.0 Å². The average Bonchev–Trinajstić information content (AvgIpc) is 3.09. The number of carbonyl (C=O) groups is 2. The molecule has 0 bridgehead atoms. The average molecular weight is 380 g/mol. The molecular formula is C20H20N4O2S. The summed E-state index contributed by atoms with van der Waals surface area (Å²) in [4.78, 5) is 28.3. The number of thiazole rings is 1. The third-order valence-electron chi connectivity index (χ3n) is 3.76. The van der Waals surface area contributed by atoms with Crippen molar-refractivity contribution in [2.45, 2.75) is 19.9 Å². The molecule has 138 valence electrons. The third-order valence-corrected chi connectivity index (χ3v) is 4.56. The van der Waals surface area contributed by atoms with E-state index in [0.29, 0.717) is 23.1 Å². The van der Waals surface area contributed by atoms with Crippen LogP contribution in [0.25, 0.3) is 0 Å². The van der Waals surface area contributed by atoms with Crippen LogP contribution in [0, 0.1) is 6.92 Å². The lowest BCUT2D eigenvalue weighted by molar-refractivity contribution is -0.120. The maximum atomic E-state index is 12.0. The van der Waals surface area contributed by atoms with E-state index in [9.17, 15) is 9.59 Å². The zero-order chi connectivity index (χ0) is 19.1. The number of nitrogens with one attached hydrogen (secondary N) is 3. The van der Waals surface area contributed by atoms with Crippen molar-refractivity contribution in [3.8, 4) is 0 Å². The number of amides is 3. The van der Waals surface area contributed by atoms with Crippen LogP contribution in [0.3, 0.4) is 0 Å². The number of carbonyl (C=O) groups excluding carboxylic acids is 2. The minimum atomic E-state index is -0.367. The van der Waals surface area contributed by atoms with Crippen LogP contribution in [0.5, 0.6) is 0 Å². The van der Waals surface area contributed by atoms with Crippen LogP contribution >= 0.6 is 11.3 Å². The van der Waals surface area contributed by atoms with Crippen LogP contribution in [-0.2, 0) is 17.8 Å². The summed E-state index contributed by atoms with van der Waals surface area (Å²) < 4.78 is 0. The highest BCUT2D eigenvalue weighted by Crippen LogP contribution is 2.17. The molecule has 0 aliphatic carbocycles. The van der Waals surface area contributed by atoms with Gasteiger partial charge in [-0.3, -0.25) is 10.1 Å². The Bertz CT molecular complexity index is 907. The summed E-state index contributed by atoms with van der Waals surface area (Å²) in [5, 5.41) is 10.5. The number of benzene rings is 2. The first-order valence-electron chi connectivity index (χ1n) is 8.48. The number of rotatable bonds is 6. The molecule has 0 fully saturated rings. The molecule has 0 spiro atoms. The summed E-state index contributed by atoms with van der Waals surface area (Å²) in [5.74, 6) is -0.111. The van der Waals surface area contributed by atoms with Crippen molar-refractivity contribution in [2.24, 2.45) is 0 Å². The number of hydrogen-bond acceptors (Lipinski definition) is 4. The van der Waals surface area contributed by atoms with Gasteiger partial charge in [0, 0.05) is 17.6 Å². The molecular weight excluding hydrogens is 360 g/mol. The summed E-state index contributed by atoms with van der Waals surface area (Å²) in [6, 6.07) is 16.9. The monoisotopic (exact) mass is 380 g/mol. The largest absolute Gasteiger partial charge is 0.352 e. The van der Waals surface area contributed by atoms with Crippen molar-refractivity contribution in [2.75, 3.05) is 10.6 Å². The number of anilines is 2. The molecule has 3 N–H and O–H groups in total. The van der Waals surface area contributed by atoms with E-state index < -0.39 is 0 Å². The fourth-order valence-electron chi connectivity index (χ4n) is 2.37. The first-order valence-corrected chi connectivity index (χ1v) is 9.36. The second kappa shape index (κ2) is 8.95. The first kappa shape index (κ1) is 18.6. The molecule has 0 saturated heterocycles. The van der Waals surface area contributed by atoms with Crippen molar-refractivity contribution >= 4 is 34.1 Å². The van der Waals surface area contributed by atoms with Gasteiger partial charge in [0.15, 0.2) is 5.13 Å². The van der Waals surface area contributed by atoms with E-state index in [1.54, 1.807) is 5.38 Å². The Morgan fingerprint density at radius 1 is 1.00 bits per heavy atom. The molecule has 0 aliphatic rings. The number of urea groups is 1. The van der Waals surface area contributed by atoms with Crippen LogP contribution in [-0.4, -0.2) is 16.9 Å². The molecule has 3 aromatic rings. The van der Waals surface area contributed by atoms with E-state index >= 15 is 0 Å². The van der Waals surface area contributed by atoms with Gasteiger partial charge < -0.3 is 10.6 Å². The van der Waals surface area contributed by atoms with Gasteiger partial charge in [-0.25, -0.2) is 9.78 Å². The van der Waals surface area contributed by atoms with Gasteiger partial charge in [-0.15, -0.1) is 11.3 Å². The van der Waals surface area contributed by atoms with Crippen molar-refractivity contribution in [3.05, 3.63) is 76.8 Å². The second-order valence-electron chi connectivity index (χ2n) is 6.03. The molecule has 2 aromatic carbocycles. The molecule has 0 atom stereocenters. The van der Waals surface area contributed by atoms with Crippen molar-refractivity contribution < 1.29 is 9.59 Å². The van der Waals surface area contributed by atoms with Crippen LogP contribution in [0.1, 0.15) is 16.8 Å². The van der Waals surface area contributed by atoms with E-state index in [-0.39, 0.29) is 18.4 Å². The highest BCUT2D eigenvalue weighted by molar-refractivity contribution is 7.14. The number of aryl methyl sites for hydroxylation is 1. The van der Waals surface area contributed by atoms with Crippen molar-refractivity contribution in [1.29, 1.82) is 0 Å². The van der Waals surface area contributed by atoms with Crippen LogP contribution < -0.4 is 16.0 Å². The van der Waals surface area contributed by atoms with Gasteiger partial charge in [-0.05, 0) is 24.6 Å². The summed E-state index contributed by atoms with van der Waals surface area (Å²) >= 11 is 1.28. The number of nitrogens with zero attached hydrogens (tertiary/aromatic N) is 1. The van der Waals surface area contributed by atoms with Gasteiger partial charge in [0.25, 0.3) is 0 Å². The molecule has 3 amide bonds. The zero-order valence-corrected chi connectivity index (χ0v) is 15.7. The quantitative estimate of drug-likeness (QED) is 0.605. The van der Waals surface area contributed by atoms with E-state index in [2.05, 4.69) is 20.9 Å². The Balaban J connectivity index is 1.46. The normalized spacial score (nSPS) is 10.3. The van der Waals surface area contributed by atoms with Crippen molar-refractivity contribution in [3.63, 3.8) is 0 Å². The first-order chi connectivity index (χ1) is 13.1. The predicted octanol–water partition coefficient (Wildman–Crippen LogP) is 3.95. The minimum absolute atomic E-state index is 0.111. The molecule has 6 nitrogen and oxygen atoms in total. The summed E-state index contributed by atoms with van der Waals surface area (Å²) in [5.41, 5.74) is 3.49. The smallest absolute Gasteiger partial charge is 0.325 e. The molecule has 0 radical (unpaired) electrons. The lowest BCUT2D eigenvalue weighted by Gasteiger charge is -2.05. The highest BCUT2D eigenvalue weighted by Gasteiger charge is 2.10. The van der Waals surface area contributed by atoms with Crippen LogP contribution in [0.4, 0.5) is 15.6 Å². The molecule has 27 heavy (non-hydrogen) atoms. The van der Waals surface area contributed by atoms with Crippen LogP contribution in [0.2, 0.25) is 0 Å². The van der Waals surface area contributed by atoms with Gasteiger partial charge in [0.05, 0.1) is 12.1 Å². The summed E-state index contributed by atoms with van der Waals surface area (Å²) in [6.45, 7) is 2.46. The standard InChI is InChI=1S/C20H20N4O2S/c1-14-7-9-16(10-8-14)22-19(26)24-20-23-17(13-27-20)11-18(25)21-12-15-5-3-2-4-6-15/h2-10,13H,11-12H2,1H3,(H,21,25)(H2,22,23,24,26). The van der Waals surface area contributed by atoms with Gasteiger partial charge in [-0.2, -0.15) is 0 Å². The maximum Gasteiger partial charge on any atom is 0.325 e. The van der Waals surface area contributed by atoms with E-state index in [4.69, 9.17) is 0 Å².